The molecule has 4 nitrogen and oxygen atoms in total. The normalized spacial score (nSPS) is 12.1. The van der Waals surface area contributed by atoms with E-state index in [-0.39, 0.29) is 5.75 Å². The number of para-hydroxylation sites is 2. The van der Waals surface area contributed by atoms with Crippen molar-refractivity contribution in [3.63, 3.8) is 0 Å². The maximum absolute atomic E-state index is 11.2. The molecule has 0 spiro atoms. The number of rotatable bonds is 2. The Morgan fingerprint density at radius 2 is 2.00 bits per heavy atom. The number of benzene rings is 1. The van der Waals surface area contributed by atoms with E-state index in [1.807, 2.05) is 35.9 Å². The molecule has 1 aromatic carbocycles. The first-order chi connectivity index (χ1) is 6.97. The fourth-order valence-electron chi connectivity index (χ4n) is 1.56. The van der Waals surface area contributed by atoms with Crippen LogP contribution in [-0.4, -0.2) is 24.2 Å². The molecule has 0 saturated heterocycles. The van der Waals surface area contributed by atoms with Gasteiger partial charge in [-0.25, -0.2) is 13.4 Å². The van der Waals surface area contributed by atoms with Crippen LogP contribution in [0.15, 0.2) is 24.3 Å². The van der Waals surface area contributed by atoms with E-state index < -0.39 is 9.84 Å². The third-order valence-electron chi connectivity index (χ3n) is 2.27. The molecule has 0 aliphatic heterocycles. The molecule has 1 aromatic heterocycles. The molecule has 0 unspecified atom stereocenters. The molecule has 0 N–H and O–H groups in total. The monoisotopic (exact) mass is 224 g/mol. The van der Waals surface area contributed by atoms with Gasteiger partial charge in [-0.1, -0.05) is 12.1 Å². The molecule has 0 fully saturated rings. The van der Waals surface area contributed by atoms with Crippen LogP contribution in [0.2, 0.25) is 0 Å². The number of aryl methyl sites for hydroxylation is 1. The SMILES string of the molecule is Cn1c(CS(C)(=O)=O)nc2ccccc21. The third kappa shape index (κ3) is 2.02. The number of hydrogen-bond donors (Lipinski definition) is 0. The molecule has 80 valence electrons. The quantitative estimate of drug-likeness (QED) is 0.768. The predicted octanol–water partition coefficient (Wildman–Crippen LogP) is 1.12. The van der Waals surface area contributed by atoms with Gasteiger partial charge < -0.3 is 4.57 Å². The van der Waals surface area contributed by atoms with Crippen molar-refractivity contribution in [3.05, 3.63) is 30.1 Å². The third-order valence-corrected chi connectivity index (χ3v) is 3.05. The van der Waals surface area contributed by atoms with E-state index in [2.05, 4.69) is 4.98 Å². The summed E-state index contributed by atoms with van der Waals surface area (Å²) in [7, 11) is -1.20. The summed E-state index contributed by atoms with van der Waals surface area (Å²) < 4.78 is 24.2. The molecule has 0 saturated carbocycles. The van der Waals surface area contributed by atoms with Crippen LogP contribution in [0.25, 0.3) is 11.0 Å². The smallest absolute Gasteiger partial charge is 0.154 e. The largest absolute Gasteiger partial charge is 0.330 e. The summed E-state index contributed by atoms with van der Waals surface area (Å²) in [5.41, 5.74) is 1.79. The molecule has 0 bridgehead atoms. The Bertz CT molecular complexity index is 599. The van der Waals surface area contributed by atoms with Crippen LogP contribution in [0.4, 0.5) is 0 Å². The van der Waals surface area contributed by atoms with Gasteiger partial charge in [0.2, 0.25) is 0 Å². The van der Waals surface area contributed by atoms with Crippen LogP contribution in [0.5, 0.6) is 0 Å². The molecular weight excluding hydrogens is 212 g/mol. The van der Waals surface area contributed by atoms with Gasteiger partial charge in [0, 0.05) is 13.3 Å². The van der Waals surface area contributed by atoms with E-state index in [0.717, 1.165) is 11.0 Å². The standard InChI is InChI=1S/C10H12N2O2S/c1-12-9-6-4-3-5-8(9)11-10(12)7-15(2,13)14/h3-6H,7H2,1-2H3. The van der Waals surface area contributed by atoms with Crippen molar-refractivity contribution in [2.24, 2.45) is 7.05 Å². The van der Waals surface area contributed by atoms with Crippen molar-refractivity contribution in [2.75, 3.05) is 6.26 Å². The van der Waals surface area contributed by atoms with Gasteiger partial charge in [-0.15, -0.1) is 0 Å². The Labute approximate surface area is 88.5 Å². The Morgan fingerprint density at radius 1 is 1.33 bits per heavy atom. The van der Waals surface area contributed by atoms with Gasteiger partial charge in [0.25, 0.3) is 0 Å². The van der Waals surface area contributed by atoms with Crippen molar-refractivity contribution in [3.8, 4) is 0 Å². The zero-order valence-corrected chi connectivity index (χ0v) is 9.45. The Morgan fingerprint density at radius 3 is 2.60 bits per heavy atom. The van der Waals surface area contributed by atoms with Gasteiger partial charge >= 0.3 is 0 Å². The maximum atomic E-state index is 11.2. The van der Waals surface area contributed by atoms with Crippen LogP contribution in [0, 0.1) is 0 Å². The maximum Gasteiger partial charge on any atom is 0.154 e. The first-order valence-corrected chi connectivity index (χ1v) is 6.61. The Balaban J connectivity index is 2.58. The highest BCUT2D eigenvalue weighted by Gasteiger charge is 2.12. The topological polar surface area (TPSA) is 52.0 Å². The summed E-state index contributed by atoms with van der Waals surface area (Å²) in [5, 5.41) is 0. The van der Waals surface area contributed by atoms with E-state index >= 15 is 0 Å². The highest BCUT2D eigenvalue weighted by Crippen LogP contribution is 2.15. The molecule has 2 rings (SSSR count). The van der Waals surface area contributed by atoms with Crippen LogP contribution in [0.3, 0.4) is 0 Å². The fraction of sp³-hybridized carbons (Fsp3) is 0.300. The van der Waals surface area contributed by atoms with Crippen LogP contribution < -0.4 is 0 Å². The summed E-state index contributed by atoms with van der Waals surface area (Å²) in [6, 6.07) is 7.60. The number of nitrogens with zero attached hydrogens (tertiary/aromatic N) is 2. The second-order valence-electron chi connectivity index (χ2n) is 3.65. The van der Waals surface area contributed by atoms with Gasteiger partial charge in [0.1, 0.15) is 11.6 Å². The molecule has 0 atom stereocenters. The average molecular weight is 224 g/mol. The van der Waals surface area contributed by atoms with Crippen molar-refractivity contribution in [1.82, 2.24) is 9.55 Å². The minimum absolute atomic E-state index is 0.0157. The zero-order chi connectivity index (χ0) is 11.1. The Hall–Kier alpha value is -1.36. The second kappa shape index (κ2) is 3.34. The molecule has 1 heterocycles. The van der Waals surface area contributed by atoms with E-state index in [4.69, 9.17) is 0 Å². The van der Waals surface area contributed by atoms with E-state index in [1.54, 1.807) is 0 Å². The molecule has 0 aliphatic rings. The lowest BCUT2D eigenvalue weighted by atomic mass is 10.3. The average Bonchev–Trinajstić information content (AvgIpc) is 2.42. The van der Waals surface area contributed by atoms with Crippen LogP contribution in [0.1, 0.15) is 5.82 Å². The highest BCUT2D eigenvalue weighted by atomic mass is 32.2. The number of hydrogen-bond acceptors (Lipinski definition) is 3. The lowest BCUT2D eigenvalue weighted by Gasteiger charge is -1.99. The minimum atomic E-state index is -3.03. The van der Waals surface area contributed by atoms with Crippen LogP contribution in [-0.2, 0) is 22.6 Å². The predicted molar refractivity (Wildman–Crippen MR) is 59.3 cm³/mol. The molecule has 5 heteroatoms. The van der Waals surface area contributed by atoms with Crippen molar-refractivity contribution in [2.45, 2.75) is 5.75 Å². The second-order valence-corrected chi connectivity index (χ2v) is 5.79. The van der Waals surface area contributed by atoms with E-state index in [9.17, 15) is 8.42 Å². The summed E-state index contributed by atoms with van der Waals surface area (Å²) in [6.45, 7) is 0. The van der Waals surface area contributed by atoms with E-state index in [1.165, 1.54) is 6.26 Å². The van der Waals surface area contributed by atoms with Crippen LogP contribution >= 0.6 is 0 Å². The summed E-state index contributed by atoms with van der Waals surface area (Å²) in [6.07, 6.45) is 1.21. The molecule has 0 radical (unpaired) electrons. The summed E-state index contributed by atoms with van der Waals surface area (Å²) >= 11 is 0. The van der Waals surface area contributed by atoms with Gasteiger partial charge in [-0.3, -0.25) is 0 Å². The summed E-state index contributed by atoms with van der Waals surface area (Å²) in [5.74, 6) is 0.566. The first-order valence-electron chi connectivity index (χ1n) is 4.55. The van der Waals surface area contributed by atoms with Gasteiger partial charge in [-0.2, -0.15) is 0 Å². The van der Waals surface area contributed by atoms with Crippen molar-refractivity contribution < 1.29 is 8.42 Å². The molecular formula is C10H12N2O2S. The minimum Gasteiger partial charge on any atom is -0.330 e. The number of sulfone groups is 1. The van der Waals surface area contributed by atoms with Gasteiger partial charge in [0.15, 0.2) is 9.84 Å². The number of aromatic nitrogens is 2. The van der Waals surface area contributed by atoms with E-state index in [0.29, 0.717) is 5.82 Å². The van der Waals surface area contributed by atoms with Crippen molar-refractivity contribution >= 4 is 20.9 Å². The lowest BCUT2D eigenvalue weighted by Crippen LogP contribution is -2.06. The number of fused-ring (bicyclic) bond motifs is 1. The molecule has 0 aliphatic carbocycles. The lowest BCUT2D eigenvalue weighted by molar-refractivity contribution is 0.598. The summed E-state index contributed by atoms with van der Waals surface area (Å²) in [4.78, 5) is 4.28. The van der Waals surface area contributed by atoms with Gasteiger partial charge in [0.05, 0.1) is 11.0 Å². The van der Waals surface area contributed by atoms with Crippen molar-refractivity contribution in [1.29, 1.82) is 0 Å². The molecule has 15 heavy (non-hydrogen) atoms. The van der Waals surface area contributed by atoms with Gasteiger partial charge in [-0.05, 0) is 12.1 Å². The first kappa shape index (κ1) is 10.2. The number of imidazole rings is 1. The Kier molecular flexibility index (Phi) is 2.26. The fourth-order valence-corrected chi connectivity index (χ4v) is 2.29. The highest BCUT2D eigenvalue weighted by molar-refractivity contribution is 7.89. The molecule has 0 amide bonds. The molecule has 2 aromatic rings. The zero-order valence-electron chi connectivity index (χ0n) is 8.64.